The number of nitrogens with one attached hydrogen (secondary N) is 2. The maximum Gasteiger partial charge on any atom is 0.387 e. The first kappa shape index (κ1) is 21.5. The van der Waals surface area contributed by atoms with E-state index in [2.05, 4.69) is 42.8 Å². The van der Waals surface area contributed by atoms with Crippen LogP contribution in [0.4, 0.5) is 8.78 Å². The Hall–Kier alpha value is -2.23. The van der Waals surface area contributed by atoms with Crippen LogP contribution in [0.5, 0.6) is 5.75 Å². The predicted molar refractivity (Wildman–Crippen MR) is 111 cm³/mol. The number of halogens is 2. The van der Waals surface area contributed by atoms with E-state index in [9.17, 15) is 8.78 Å². The van der Waals surface area contributed by atoms with Crippen LogP contribution in [0, 0.1) is 0 Å². The standard InChI is InChI=1S/C20H26F2N4O2S/c1-23-20(24-13-15-4-2-5-16(12-15)28-19(21)22)25-14-17(18-6-3-11-29-18)26-7-9-27-10-8-26/h2-6,11-12,17,19H,7-10,13-14H2,1H3,(H2,23,24,25). The van der Waals surface area contributed by atoms with Crippen molar-refractivity contribution in [2.75, 3.05) is 39.9 Å². The Morgan fingerprint density at radius 1 is 1.24 bits per heavy atom. The van der Waals surface area contributed by atoms with E-state index >= 15 is 0 Å². The van der Waals surface area contributed by atoms with Crippen molar-refractivity contribution in [3.8, 4) is 5.75 Å². The lowest BCUT2D eigenvalue weighted by Gasteiger charge is -2.34. The fraction of sp³-hybridized carbons (Fsp3) is 0.450. The first-order valence-electron chi connectivity index (χ1n) is 9.49. The zero-order valence-corrected chi connectivity index (χ0v) is 17.1. The largest absolute Gasteiger partial charge is 0.435 e. The minimum atomic E-state index is -2.83. The van der Waals surface area contributed by atoms with Crippen LogP contribution in [-0.2, 0) is 11.3 Å². The van der Waals surface area contributed by atoms with Crippen LogP contribution in [0.15, 0.2) is 46.8 Å². The van der Waals surface area contributed by atoms with Crippen molar-refractivity contribution >= 4 is 17.3 Å². The van der Waals surface area contributed by atoms with Gasteiger partial charge in [0.05, 0.1) is 19.3 Å². The Kier molecular flexibility index (Phi) is 8.21. The number of benzene rings is 1. The Bertz CT molecular complexity index is 768. The summed E-state index contributed by atoms with van der Waals surface area (Å²) < 4.78 is 34.7. The van der Waals surface area contributed by atoms with Gasteiger partial charge in [-0.15, -0.1) is 11.3 Å². The van der Waals surface area contributed by atoms with E-state index in [-0.39, 0.29) is 11.8 Å². The van der Waals surface area contributed by atoms with E-state index in [1.54, 1.807) is 30.5 Å². The number of guanidine groups is 1. The molecule has 0 aliphatic carbocycles. The van der Waals surface area contributed by atoms with Crippen molar-refractivity contribution in [1.29, 1.82) is 0 Å². The highest BCUT2D eigenvalue weighted by molar-refractivity contribution is 7.10. The monoisotopic (exact) mass is 424 g/mol. The summed E-state index contributed by atoms with van der Waals surface area (Å²) in [4.78, 5) is 7.99. The smallest absolute Gasteiger partial charge is 0.387 e. The average molecular weight is 425 g/mol. The van der Waals surface area contributed by atoms with Crippen molar-refractivity contribution in [2.45, 2.75) is 19.2 Å². The molecule has 1 saturated heterocycles. The molecule has 1 atom stereocenters. The van der Waals surface area contributed by atoms with Crippen LogP contribution in [0.1, 0.15) is 16.5 Å². The van der Waals surface area contributed by atoms with Gasteiger partial charge in [-0.2, -0.15) is 8.78 Å². The third-order valence-electron chi connectivity index (χ3n) is 4.63. The van der Waals surface area contributed by atoms with Crippen LogP contribution in [0.3, 0.4) is 0 Å². The highest BCUT2D eigenvalue weighted by Crippen LogP contribution is 2.25. The van der Waals surface area contributed by atoms with E-state index in [4.69, 9.17) is 4.74 Å². The predicted octanol–water partition coefficient (Wildman–Crippen LogP) is 3.09. The molecule has 6 nitrogen and oxygen atoms in total. The molecule has 0 saturated carbocycles. The molecule has 0 amide bonds. The van der Waals surface area contributed by atoms with Gasteiger partial charge in [-0.3, -0.25) is 9.89 Å². The summed E-state index contributed by atoms with van der Waals surface area (Å²) in [7, 11) is 1.71. The van der Waals surface area contributed by atoms with Gasteiger partial charge in [-0.1, -0.05) is 18.2 Å². The quantitative estimate of drug-likeness (QED) is 0.504. The number of aliphatic imine (C=N–C) groups is 1. The van der Waals surface area contributed by atoms with Crippen LogP contribution >= 0.6 is 11.3 Å². The van der Waals surface area contributed by atoms with Crippen LogP contribution < -0.4 is 15.4 Å². The fourth-order valence-electron chi connectivity index (χ4n) is 3.21. The van der Waals surface area contributed by atoms with Gasteiger partial charge in [0, 0.05) is 38.1 Å². The number of ether oxygens (including phenoxy) is 2. The van der Waals surface area contributed by atoms with Crippen LogP contribution in [-0.4, -0.2) is 57.4 Å². The van der Waals surface area contributed by atoms with E-state index in [0.29, 0.717) is 19.0 Å². The highest BCUT2D eigenvalue weighted by atomic mass is 32.1. The van der Waals surface area contributed by atoms with Crippen LogP contribution in [0.2, 0.25) is 0 Å². The van der Waals surface area contributed by atoms with Crippen molar-refractivity contribution < 1.29 is 18.3 Å². The molecule has 0 bridgehead atoms. The second-order valence-corrected chi connectivity index (χ2v) is 7.49. The Morgan fingerprint density at radius 2 is 2.07 bits per heavy atom. The maximum atomic E-state index is 12.4. The molecule has 1 unspecified atom stereocenters. The number of morpholine rings is 1. The van der Waals surface area contributed by atoms with Crippen molar-refractivity contribution in [2.24, 2.45) is 4.99 Å². The van der Waals surface area contributed by atoms with Gasteiger partial charge in [0.15, 0.2) is 5.96 Å². The molecule has 2 heterocycles. The summed E-state index contributed by atoms with van der Waals surface area (Å²) in [5.74, 6) is 0.798. The Morgan fingerprint density at radius 3 is 2.76 bits per heavy atom. The van der Waals surface area contributed by atoms with E-state index < -0.39 is 6.61 Å². The summed E-state index contributed by atoms with van der Waals surface area (Å²) in [6.45, 7) is 1.59. The average Bonchev–Trinajstić information content (AvgIpc) is 3.25. The fourth-order valence-corrected chi connectivity index (χ4v) is 4.07. The lowest BCUT2D eigenvalue weighted by molar-refractivity contribution is -0.0498. The molecule has 3 rings (SSSR count). The molecule has 1 fully saturated rings. The summed E-state index contributed by atoms with van der Waals surface area (Å²) in [6, 6.07) is 11.1. The Balaban J connectivity index is 1.56. The molecule has 1 aromatic carbocycles. The van der Waals surface area contributed by atoms with Crippen molar-refractivity contribution in [1.82, 2.24) is 15.5 Å². The molecular weight excluding hydrogens is 398 g/mol. The molecule has 1 aliphatic heterocycles. The topological polar surface area (TPSA) is 58.1 Å². The van der Waals surface area contributed by atoms with Crippen molar-refractivity contribution in [3.63, 3.8) is 0 Å². The summed E-state index contributed by atoms with van der Waals surface area (Å²) in [5.41, 5.74) is 0.828. The van der Waals surface area contributed by atoms with Gasteiger partial charge in [-0.05, 0) is 29.1 Å². The van der Waals surface area contributed by atoms with Gasteiger partial charge in [-0.25, -0.2) is 0 Å². The number of alkyl halides is 2. The molecule has 0 radical (unpaired) electrons. The molecule has 9 heteroatoms. The first-order valence-corrected chi connectivity index (χ1v) is 10.4. The zero-order valence-electron chi connectivity index (χ0n) is 16.3. The number of hydrogen-bond acceptors (Lipinski definition) is 5. The minimum Gasteiger partial charge on any atom is -0.435 e. The highest BCUT2D eigenvalue weighted by Gasteiger charge is 2.23. The third-order valence-corrected chi connectivity index (χ3v) is 5.60. The number of rotatable bonds is 8. The summed E-state index contributed by atoms with van der Waals surface area (Å²) in [6.07, 6.45) is 0. The number of thiophene rings is 1. The third kappa shape index (κ3) is 6.66. The van der Waals surface area contributed by atoms with Gasteiger partial charge in [0.2, 0.25) is 0 Å². The van der Waals surface area contributed by atoms with Crippen molar-refractivity contribution in [3.05, 3.63) is 52.2 Å². The molecule has 0 spiro atoms. The number of nitrogens with zero attached hydrogens (tertiary/aromatic N) is 2. The number of hydrogen-bond donors (Lipinski definition) is 2. The molecule has 1 aliphatic rings. The van der Waals surface area contributed by atoms with E-state index in [1.807, 2.05) is 6.07 Å². The van der Waals surface area contributed by atoms with Crippen LogP contribution in [0.25, 0.3) is 0 Å². The molecule has 2 N–H and O–H groups in total. The molecule has 1 aromatic heterocycles. The zero-order chi connectivity index (χ0) is 20.5. The normalized spacial score (nSPS) is 16.6. The molecule has 2 aromatic rings. The SMILES string of the molecule is CN=C(NCc1cccc(OC(F)F)c1)NCC(c1cccs1)N1CCOCC1. The molecule has 158 valence electrons. The Labute approximate surface area is 173 Å². The minimum absolute atomic E-state index is 0.146. The van der Waals surface area contributed by atoms with E-state index in [1.165, 1.54) is 10.9 Å². The van der Waals surface area contributed by atoms with Gasteiger partial charge in [0.25, 0.3) is 0 Å². The molecule has 29 heavy (non-hydrogen) atoms. The second kappa shape index (κ2) is 11.1. The summed E-state index contributed by atoms with van der Waals surface area (Å²) in [5, 5.41) is 8.70. The van der Waals surface area contributed by atoms with Gasteiger partial charge < -0.3 is 20.1 Å². The lowest BCUT2D eigenvalue weighted by Crippen LogP contribution is -2.46. The van der Waals surface area contributed by atoms with E-state index in [0.717, 1.165) is 31.9 Å². The lowest BCUT2D eigenvalue weighted by atomic mass is 10.2. The maximum absolute atomic E-state index is 12.4. The van der Waals surface area contributed by atoms with Gasteiger partial charge >= 0.3 is 6.61 Å². The molecular formula is C20H26F2N4O2S. The van der Waals surface area contributed by atoms with Gasteiger partial charge in [0.1, 0.15) is 5.75 Å². The summed E-state index contributed by atoms with van der Waals surface area (Å²) >= 11 is 1.74. The first-order chi connectivity index (χ1) is 14.2. The second-order valence-electron chi connectivity index (χ2n) is 6.51.